The largest absolute Gasteiger partial charge is 0.387 e. The summed E-state index contributed by atoms with van der Waals surface area (Å²) in [5.41, 5.74) is 4.19. The van der Waals surface area contributed by atoms with Gasteiger partial charge in [-0.3, -0.25) is 0 Å². The monoisotopic (exact) mass is 400 g/mol. The van der Waals surface area contributed by atoms with Crippen LogP contribution in [-0.2, 0) is 19.3 Å². The maximum absolute atomic E-state index is 10.3. The van der Waals surface area contributed by atoms with E-state index in [0.29, 0.717) is 6.42 Å². The molecule has 0 saturated heterocycles. The average molecular weight is 402 g/mol. The van der Waals surface area contributed by atoms with Crippen molar-refractivity contribution < 1.29 is 5.11 Å². The molecule has 1 aromatic carbocycles. The molecular weight excluding hydrogens is 388 g/mol. The normalized spacial score (nSPS) is 15.5. The number of rotatable bonds is 3. The van der Waals surface area contributed by atoms with Crippen molar-refractivity contribution in [1.29, 1.82) is 0 Å². The lowest BCUT2D eigenvalue weighted by molar-refractivity contribution is 0.182. The lowest BCUT2D eigenvalue weighted by Crippen LogP contribution is -2.00. The summed E-state index contributed by atoms with van der Waals surface area (Å²) in [6.45, 7) is 0. The predicted molar refractivity (Wildman–Crippen MR) is 86.8 cm³/mol. The van der Waals surface area contributed by atoms with Gasteiger partial charge in [-0.2, -0.15) is 0 Å². The highest BCUT2D eigenvalue weighted by molar-refractivity contribution is 9.13. The lowest BCUT2D eigenvalue weighted by atomic mass is 10.0. The van der Waals surface area contributed by atoms with Gasteiger partial charge in [0.1, 0.15) is 0 Å². The molecule has 0 radical (unpaired) electrons. The summed E-state index contributed by atoms with van der Waals surface area (Å²) >= 11 is 8.52. The van der Waals surface area contributed by atoms with E-state index >= 15 is 0 Å². The molecule has 1 nitrogen and oxygen atoms in total. The van der Waals surface area contributed by atoms with Gasteiger partial charge in [0.25, 0.3) is 0 Å². The fraction of sp³-hybridized carbons (Fsp3) is 0.333. The molecule has 3 rings (SSSR count). The molecule has 0 saturated carbocycles. The average Bonchev–Trinajstić information content (AvgIpc) is 2.96. The van der Waals surface area contributed by atoms with Crippen LogP contribution in [0.2, 0.25) is 0 Å². The first kappa shape index (κ1) is 13.8. The van der Waals surface area contributed by atoms with E-state index in [1.807, 2.05) is 6.07 Å². The van der Waals surface area contributed by atoms with Gasteiger partial charge >= 0.3 is 0 Å². The Balaban J connectivity index is 1.77. The molecule has 1 aliphatic carbocycles. The van der Waals surface area contributed by atoms with Gasteiger partial charge in [-0.05, 0) is 73.9 Å². The quantitative estimate of drug-likeness (QED) is 0.763. The van der Waals surface area contributed by atoms with Crippen LogP contribution < -0.4 is 0 Å². The van der Waals surface area contributed by atoms with Crippen molar-refractivity contribution in [3.8, 4) is 0 Å². The molecule has 2 aromatic rings. The van der Waals surface area contributed by atoms with E-state index in [0.717, 1.165) is 13.1 Å². The van der Waals surface area contributed by atoms with Crippen LogP contribution in [0.15, 0.2) is 32.5 Å². The second-order valence-electron chi connectivity index (χ2n) is 4.95. The summed E-state index contributed by atoms with van der Waals surface area (Å²) < 4.78 is 2.05. The first-order valence-corrected chi connectivity index (χ1v) is 8.77. The Hall–Kier alpha value is -0.160. The number of hydrogen-bond donors (Lipinski definition) is 1. The number of aliphatic hydroxyl groups excluding tert-OH is 1. The number of benzene rings is 1. The number of aryl methyl sites for hydroxylation is 2. The molecule has 0 bridgehead atoms. The molecule has 0 spiro atoms. The Labute approximate surface area is 133 Å². The standard InChI is InChI=1S/C15H14Br2OS/c16-12-8-14(19-15(12)17)13(18)7-9-4-5-10-2-1-3-11(10)6-9/h4-6,8,13,18H,1-3,7H2. The molecule has 1 aliphatic rings. The van der Waals surface area contributed by atoms with Crippen LogP contribution in [0.1, 0.15) is 34.1 Å². The molecule has 1 unspecified atom stereocenters. The van der Waals surface area contributed by atoms with Crippen LogP contribution in [-0.4, -0.2) is 5.11 Å². The molecule has 4 heteroatoms. The molecule has 1 atom stereocenters. The van der Waals surface area contributed by atoms with Gasteiger partial charge in [0.2, 0.25) is 0 Å². The van der Waals surface area contributed by atoms with Gasteiger partial charge in [0.05, 0.1) is 9.89 Å². The van der Waals surface area contributed by atoms with E-state index in [2.05, 4.69) is 50.1 Å². The van der Waals surface area contributed by atoms with E-state index in [-0.39, 0.29) is 0 Å². The highest BCUT2D eigenvalue weighted by Crippen LogP contribution is 2.36. The fourth-order valence-electron chi connectivity index (χ4n) is 2.60. The minimum Gasteiger partial charge on any atom is -0.387 e. The highest BCUT2D eigenvalue weighted by Gasteiger charge is 2.16. The van der Waals surface area contributed by atoms with Crippen molar-refractivity contribution in [2.75, 3.05) is 0 Å². The van der Waals surface area contributed by atoms with Crippen molar-refractivity contribution in [3.05, 3.63) is 54.1 Å². The van der Waals surface area contributed by atoms with Crippen LogP contribution in [0, 0.1) is 0 Å². The molecule has 0 amide bonds. The van der Waals surface area contributed by atoms with Crippen LogP contribution in [0.5, 0.6) is 0 Å². The SMILES string of the molecule is OC(Cc1ccc2c(c1)CCC2)c1cc(Br)c(Br)s1. The second-order valence-corrected chi connectivity index (χ2v) is 8.20. The molecule has 0 aliphatic heterocycles. The first-order valence-electron chi connectivity index (χ1n) is 6.37. The third-order valence-corrected chi connectivity index (χ3v) is 6.94. The zero-order chi connectivity index (χ0) is 13.4. The van der Waals surface area contributed by atoms with Gasteiger partial charge in [-0.25, -0.2) is 0 Å². The van der Waals surface area contributed by atoms with Gasteiger partial charge in [-0.1, -0.05) is 18.2 Å². The number of aliphatic hydroxyl groups is 1. The molecule has 19 heavy (non-hydrogen) atoms. The summed E-state index contributed by atoms with van der Waals surface area (Å²) in [4.78, 5) is 0.999. The zero-order valence-corrected chi connectivity index (χ0v) is 14.3. The van der Waals surface area contributed by atoms with E-state index in [1.54, 1.807) is 11.3 Å². The number of fused-ring (bicyclic) bond motifs is 1. The van der Waals surface area contributed by atoms with E-state index in [4.69, 9.17) is 0 Å². The number of thiophene rings is 1. The first-order chi connectivity index (χ1) is 9.13. The Morgan fingerprint density at radius 2 is 1.95 bits per heavy atom. The maximum Gasteiger partial charge on any atom is 0.0922 e. The lowest BCUT2D eigenvalue weighted by Gasteiger charge is -2.10. The molecular formula is C15H14Br2OS. The molecule has 1 N–H and O–H groups in total. The molecule has 0 fully saturated rings. The third kappa shape index (κ3) is 2.97. The zero-order valence-electron chi connectivity index (χ0n) is 10.3. The summed E-state index contributed by atoms with van der Waals surface area (Å²) in [6, 6.07) is 8.64. The van der Waals surface area contributed by atoms with Crippen LogP contribution in [0.3, 0.4) is 0 Å². The number of hydrogen-bond acceptors (Lipinski definition) is 2. The third-order valence-electron chi connectivity index (χ3n) is 3.58. The smallest absolute Gasteiger partial charge is 0.0922 e. The predicted octanol–water partition coefficient (Wildman–Crippen LogP) is 5.04. The second kappa shape index (κ2) is 5.68. The Morgan fingerprint density at radius 1 is 1.16 bits per heavy atom. The van der Waals surface area contributed by atoms with E-state index < -0.39 is 6.10 Å². The summed E-state index contributed by atoms with van der Waals surface area (Å²) in [6.07, 6.45) is 3.93. The van der Waals surface area contributed by atoms with Gasteiger partial charge in [0.15, 0.2) is 0 Å². The van der Waals surface area contributed by atoms with Crippen molar-refractivity contribution in [2.45, 2.75) is 31.8 Å². The van der Waals surface area contributed by atoms with Crippen LogP contribution in [0.4, 0.5) is 0 Å². The fourth-order valence-corrected chi connectivity index (χ4v) is 4.68. The minimum atomic E-state index is -0.424. The topological polar surface area (TPSA) is 20.2 Å². The van der Waals surface area contributed by atoms with Crippen molar-refractivity contribution in [3.63, 3.8) is 0 Å². The highest BCUT2D eigenvalue weighted by atomic mass is 79.9. The Morgan fingerprint density at radius 3 is 2.68 bits per heavy atom. The molecule has 100 valence electrons. The Bertz CT molecular complexity index is 587. The van der Waals surface area contributed by atoms with Crippen molar-refractivity contribution in [1.82, 2.24) is 0 Å². The minimum absolute atomic E-state index is 0.424. The van der Waals surface area contributed by atoms with Crippen molar-refractivity contribution in [2.24, 2.45) is 0 Å². The van der Waals surface area contributed by atoms with Gasteiger partial charge < -0.3 is 5.11 Å². The molecule has 1 aromatic heterocycles. The van der Waals surface area contributed by atoms with Crippen molar-refractivity contribution >= 4 is 43.2 Å². The summed E-state index contributed by atoms with van der Waals surface area (Å²) in [5, 5.41) is 10.3. The maximum atomic E-state index is 10.3. The summed E-state index contributed by atoms with van der Waals surface area (Å²) in [5.74, 6) is 0. The number of halogens is 2. The molecule has 1 heterocycles. The van der Waals surface area contributed by atoms with Gasteiger partial charge in [0, 0.05) is 15.8 Å². The van der Waals surface area contributed by atoms with E-state index in [9.17, 15) is 5.11 Å². The van der Waals surface area contributed by atoms with Crippen LogP contribution >= 0.6 is 43.2 Å². The Kier molecular flexibility index (Phi) is 4.13. The summed E-state index contributed by atoms with van der Waals surface area (Å²) in [7, 11) is 0. The van der Waals surface area contributed by atoms with Gasteiger partial charge in [-0.15, -0.1) is 11.3 Å². The van der Waals surface area contributed by atoms with Crippen LogP contribution in [0.25, 0.3) is 0 Å². The van der Waals surface area contributed by atoms with E-state index in [1.165, 1.54) is 36.0 Å².